The summed E-state index contributed by atoms with van der Waals surface area (Å²) in [5.74, 6) is 0. The number of aromatic amines is 1. The summed E-state index contributed by atoms with van der Waals surface area (Å²) in [5.41, 5.74) is 2.56. The van der Waals surface area contributed by atoms with Crippen molar-refractivity contribution in [1.82, 2.24) is 4.98 Å². The summed E-state index contributed by atoms with van der Waals surface area (Å²) in [5, 5.41) is 5.93. The van der Waals surface area contributed by atoms with Gasteiger partial charge in [-0.1, -0.05) is 55.7 Å². The molecular formula is C20H27NP2. The Hall–Kier alpha value is -0.900. The molecule has 1 nitrogen and oxygen atoms in total. The molecule has 0 spiro atoms. The molecule has 0 atom stereocenters. The van der Waals surface area contributed by atoms with Crippen molar-refractivity contribution in [3.8, 4) is 0 Å². The average Bonchev–Trinajstić information content (AvgIpc) is 2.95. The van der Waals surface area contributed by atoms with Crippen molar-refractivity contribution in [2.75, 3.05) is 24.6 Å². The average molecular weight is 343 g/mol. The topological polar surface area (TPSA) is 15.8 Å². The molecule has 0 radical (unpaired) electrons. The van der Waals surface area contributed by atoms with E-state index in [0.29, 0.717) is 0 Å². The quantitative estimate of drug-likeness (QED) is 0.560. The van der Waals surface area contributed by atoms with Crippen molar-refractivity contribution in [3.05, 3.63) is 36.4 Å². The van der Waals surface area contributed by atoms with E-state index < -0.39 is 0 Å². The Morgan fingerprint density at radius 2 is 1.04 bits per heavy atom. The summed E-state index contributed by atoms with van der Waals surface area (Å²) in [4.78, 5) is 3.60. The molecule has 0 aliphatic rings. The van der Waals surface area contributed by atoms with E-state index in [2.05, 4.69) is 69.1 Å². The first kappa shape index (κ1) is 16.9. The summed E-state index contributed by atoms with van der Waals surface area (Å²) in [6.45, 7) is 9.29. The molecule has 0 aliphatic heterocycles. The van der Waals surface area contributed by atoms with Gasteiger partial charge < -0.3 is 4.98 Å². The molecule has 3 heteroatoms. The molecule has 3 rings (SSSR count). The van der Waals surface area contributed by atoms with Gasteiger partial charge in [-0.3, -0.25) is 0 Å². The van der Waals surface area contributed by atoms with Crippen LogP contribution >= 0.6 is 15.8 Å². The molecule has 3 aromatic rings. The van der Waals surface area contributed by atoms with Crippen molar-refractivity contribution in [3.63, 3.8) is 0 Å². The van der Waals surface area contributed by atoms with Gasteiger partial charge in [-0.25, -0.2) is 0 Å². The molecule has 122 valence electrons. The molecule has 1 N–H and O–H groups in total. The molecule has 0 fully saturated rings. The summed E-state index contributed by atoms with van der Waals surface area (Å²) >= 11 is 0. The number of hydrogen-bond donors (Lipinski definition) is 1. The first-order valence-electron chi connectivity index (χ1n) is 8.77. The monoisotopic (exact) mass is 343 g/mol. The van der Waals surface area contributed by atoms with Crippen LogP contribution in [0.25, 0.3) is 21.8 Å². The summed E-state index contributed by atoms with van der Waals surface area (Å²) in [6, 6.07) is 14.2. The number of hydrogen-bond acceptors (Lipinski definition) is 0. The Labute approximate surface area is 142 Å². The number of benzene rings is 2. The van der Waals surface area contributed by atoms with Crippen LogP contribution in [0.3, 0.4) is 0 Å². The fourth-order valence-electron chi connectivity index (χ4n) is 3.44. The number of rotatable bonds is 6. The Morgan fingerprint density at radius 3 is 1.39 bits per heavy atom. The molecule has 1 aromatic heterocycles. The van der Waals surface area contributed by atoms with Crippen LogP contribution < -0.4 is 10.6 Å². The standard InChI is InChI=1S/C20H27NP2/c1-5-22(6-2)15-9-11-19-17(13-15)18-14-16(23(7-3)8-4)10-12-20(18)21-19/h9-14,21H,5-8H2,1-4H3. The maximum Gasteiger partial charge on any atom is 0.0465 e. The Bertz CT molecular complexity index is 732. The van der Waals surface area contributed by atoms with Gasteiger partial charge >= 0.3 is 0 Å². The van der Waals surface area contributed by atoms with Crippen LogP contribution in [0, 0.1) is 0 Å². The van der Waals surface area contributed by atoms with Gasteiger partial charge in [-0.2, -0.15) is 0 Å². The number of fused-ring (bicyclic) bond motifs is 3. The third-order valence-electron chi connectivity index (χ3n) is 4.82. The van der Waals surface area contributed by atoms with Gasteiger partial charge in [-0.05, 0) is 59.5 Å². The van der Waals surface area contributed by atoms with Crippen molar-refractivity contribution < 1.29 is 0 Å². The van der Waals surface area contributed by atoms with Crippen LogP contribution in [0.5, 0.6) is 0 Å². The lowest BCUT2D eigenvalue weighted by atomic mass is 10.1. The first-order valence-corrected chi connectivity index (χ1v) is 12.2. The maximum absolute atomic E-state index is 3.60. The van der Waals surface area contributed by atoms with Gasteiger partial charge in [0.15, 0.2) is 0 Å². The van der Waals surface area contributed by atoms with E-state index in [1.807, 2.05) is 0 Å². The predicted octanol–water partition coefficient (Wildman–Crippen LogP) is 5.62. The lowest BCUT2D eigenvalue weighted by Crippen LogP contribution is -2.04. The second-order valence-corrected chi connectivity index (χ2v) is 11.7. The van der Waals surface area contributed by atoms with Crippen LogP contribution in [-0.2, 0) is 0 Å². The SMILES string of the molecule is CCP(CC)c1ccc2[nH]c3ccc(P(CC)CC)cc3c2c1. The molecule has 0 amide bonds. The Morgan fingerprint density at radius 1 is 0.652 bits per heavy atom. The molecule has 2 aromatic carbocycles. The van der Waals surface area contributed by atoms with E-state index >= 15 is 0 Å². The van der Waals surface area contributed by atoms with E-state index in [0.717, 1.165) is 0 Å². The highest BCUT2D eigenvalue weighted by molar-refractivity contribution is 7.65. The van der Waals surface area contributed by atoms with Crippen molar-refractivity contribution >= 4 is 48.3 Å². The van der Waals surface area contributed by atoms with Gasteiger partial charge in [0, 0.05) is 21.8 Å². The van der Waals surface area contributed by atoms with Crippen LogP contribution in [-0.4, -0.2) is 29.6 Å². The predicted molar refractivity (Wildman–Crippen MR) is 111 cm³/mol. The zero-order valence-electron chi connectivity index (χ0n) is 14.7. The molecule has 0 saturated carbocycles. The molecular weight excluding hydrogens is 316 g/mol. The molecule has 23 heavy (non-hydrogen) atoms. The molecule has 0 unspecified atom stereocenters. The van der Waals surface area contributed by atoms with Gasteiger partial charge in [0.05, 0.1) is 0 Å². The smallest absolute Gasteiger partial charge is 0.0465 e. The van der Waals surface area contributed by atoms with Crippen LogP contribution in [0.4, 0.5) is 0 Å². The summed E-state index contributed by atoms with van der Waals surface area (Å²) < 4.78 is 0. The lowest BCUT2D eigenvalue weighted by molar-refractivity contribution is 1.42. The first-order chi connectivity index (χ1) is 11.2. The Kier molecular flexibility index (Phi) is 5.40. The van der Waals surface area contributed by atoms with Gasteiger partial charge in [-0.15, -0.1) is 0 Å². The van der Waals surface area contributed by atoms with E-state index in [9.17, 15) is 0 Å². The fraction of sp³-hybridized carbons (Fsp3) is 0.400. The number of nitrogens with one attached hydrogen (secondary N) is 1. The van der Waals surface area contributed by atoms with E-state index in [1.165, 1.54) is 46.5 Å². The zero-order valence-corrected chi connectivity index (χ0v) is 16.5. The molecule has 1 heterocycles. The van der Waals surface area contributed by atoms with Crippen molar-refractivity contribution in [2.45, 2.75) is 27.7 Å². The van der Waals surface area contributed by atoms with Crippen molar-refractivity contribution in [1.29, 1.82) is 0 Å². The highest BCUT2D eigenvalue weighted by Gasteiger charge is 2.12. The summed E-state index contributed by atoms with van der Waals surface area (Å²) in [6.07, 6.45) is 5.12. The number of H-pyrrole nitrogens is 1. The molecule has 0 aliphatic carbocycles. The third-order valence-corrected chi connectivity index (χ3v) is 9.89. The Balaban J connectivity index is 2.16. The minimum absolute atomic E-state index is 0.00284. The van der Waals surface area contributed by atoms with Crippen LogP contribution in [0.2, 0.25) is 0 Å². The van der Waals surface area contributed by atoms with Gasteiger partial charge in [0.2, 0.25) is 0 Å². The van der Waals surface area contributed by atoms with Crippen LogP contribution in [0.15, 0.2) is 36.4 Å². The van der Waals surface area contributed by atoms with Gasteiger partial charge in [0.1, 0.15) is 0 Å². The van der Waals surface area contributed by atoms with E-state index in [4.69, 9.17) is 0 Å². The van der Waals surface area contributed by atoms with E-state index in [-0.39, 0.29) is 15.8 Å². The zero-order chi connectivity index (χ0) is 16.4. The number of aromatic nitrogens is 1. The fourth-order valence-corrected chi connectivity index (χ4v) is 6.99. The highest BCUT2D eigenvalue weighted by Crippen LogP contribution is 2.37. The normalized spacial score (nSPS) is 12.1. The second kappa shape index (κ2) is 7.33. The minimum atomic E-state index is 0.00284. The maximum atomic E-state index is 3.60. The second-order valence-electron chi connectivity index (χ2n) is 5.93. The van der Waals surface area contributed by atoms with Crippen molar-refractivity contribution in [2.24, 2.45) is 0 Å². The third kappa shape index (κ3) is 3.19. The minimum Gasteiger partial charge on any atom is -0.355 e. The largest absolute Gasteiger partial charge is 0.355 e. The van der Waals surface area contributed by atoms with Crippen LogP contribution in [0.1, 0.15) is 27.7 Å². The lowest BCUT2D eigenvalue weighted by Gasteiger charge is -2.14. The van der Waals surface area contributed by atoms with Gasteiger partial charge in [0.25, 0.3) is 0 Å². The van der Waals surface area contributed by atoms with E-state index in [1.54, 1.807) is 10.6 Å². The molecule has 0 saturated heterocycles. The highest BCUT2D eigenvalue weighted by atomic mass is 31.1. The summed E-state index contributed by atoms with van der Waals surface area (Å²) in [7, 11) is 0.00568. The molecule has 0 bridgehead atoms.